The van der Waals surface area contributed by atoms with Gasteiger partial charge >= 0.3 is 0 Å². The van der Waals surface area contributed by atoms with Crippen LogP contribution in [0, 0.1) is 5.82 Å². The summed E-state index contributed by atoms with van der Waals surface area (Å²) >= 11 is 0. The van der Waals surface area contributed by atoms with Gasteiger partial charge in [-0.2, -0.15) is 0 Å². The standard InChI is InChI=1S/C25H18FN3/c26-18-11-12-19(22(27)13-18)25-28-23-14-20(16-7-3-1-4-8-16)21(15-24(23)29-25)17-9-5-2-6-10-17/h1-15H,27H2,(H,28,29). The molecule has 0 spiro atoms. The molecular weight excluding hydrogens is 361 g/mol. The van der Waals surface area contributed by atoms with E-state index in [1.165, 1.54) is 12.1 Å². The molecule has 5 rings (SSSR count). The Morgan fingerprint density at radius 3 is 1.93 bits per heavy atom. The predicted octanol–water partition coefficient (Wildman–Crippen LogP) is 6.29. The molecule has 4 aromatic carbocycles. The average molecular weight is 379 g/mol. The van der Waals surface area contributed by atoms with E-state index in [4.69, 9.17) is 10.7 Å². The van der Waals surface area contributed by atoms with Crippen molar-refractivity contribution in [2.45, 2.75) is 0 Å². The van der Waals surface area contributed by atoms with Crippen LogP contribution < -0.4 is 5.73 Å². The van der Waals surface area contributed by atoms with Crippen LogP contribution in [0.1, 0.15) is 0 Å². The van der Waals surface area contributed by atoms with Crippen molar-refractivity contribution in [2.75, 3.05) is 5.73 Å². The molecule has 0 atom stereocenters. The third kappa shape index (κ3) is 3.15. The number of nitrogens with zero attached hydrogens (tertiary/aromatic N) is 1. The highest BCUT2D eigenvalue weighted by molar-refractivity contribution is 5.95. The second kappa shape index (κ2) is 6.91. The van der Waals surface area contributed by atoms with Crippen molar-refractivity contribution < 1.29 is 4.39 Å². The Kier molecular flexibility index (Phi) is 4.10. The van der Waals surface area contributed by atoms with Gasteiger partial charge in [-0.05, 0) is 52.6 Å². The van der Waals surface area contributed by atoms with E-state index in [1.807, 2.05) is 36.4 Å². The fourth-order valence-electron chi connectivity index (χ4n) is 3.65. The van der Waals surface area contributed by atoms with Gasteiger partial charge in [-0.15, -0.1) is 0 Å². The fraction of sp³-hybridized carbons (Fsp3) is 0. The number of H-pyrrole nitrogens is 1. The van der Waals surface area contributed by atoms with Crippen LogP contribution >= 0.6 is 0 Å². The number of imidazole rings is 1. The lowest BCUT2D eigenvalue weighted by Crippen LogP contribution is -1.92. The zero-order valence-electron chi connectivity index (χ0n) is 15.6. The zero-order valence-corrected chi connectivity index (χ0v) is 15.6. The van der Waals surface area contributed by atoms with Gasteiger partial charge < -0.3 is 10.7 Å². The molecule has 29 heavy (non-hydrogen) atoms. The molecule has 0 bridgehead atoms. The van der Waals surface area contributed by atoms with Gasteiger partial charge in [-0.1, -0.05) is 60.7 Å². The molecule has 1 heterocycles. The number of rotatable bonds is 3. The number of hydrogen-bond donors (Lipinski definition) is 2. The summed E-state index contributed by atoms with van der Waals surface area (Å²) in [6.45, 7) is 0. The summed E-state index contributed by atoms with van der Waals surface area (Å²) in [5.41, 5.74) is 13.3. The summed E-state index contributed by atoms with van der Waals surface area (Å²) in [6.07, 6.45) is 0. The van der Waals surface area contributed by atoms with Gasteiger partial charge in [0.2, 0.25) is 0 Å². The van der Waals surface area contributed by atoms with Crippen LogP contribution in [0.2, 0.25) is 0 Å². The Labute approximate surface area is 167 Å². The van der Waals surface area contributed by atoms with E-state index in [1.54, 1.807) is 6.07 Å². The lowest BCUT2D eigenvalue weighted by molar-refractivity contribution is 0.628. The molecule has 0 aliphatic rings. The maximum atomic E-state index is 13.4. The van der Waals surface area contributed by atoms with E-state index in [0.29, 0.717) is 17.1 Å². The van der Waals surface area contributed by atoms with Crippen LogP contribution in [0.15, 0.2) is 91.0 Å². The van der Waals surface area contributed by atoms with Crippen molar-refractivity contribution in [1.82, 2.24) is 9.97 Å². The minimum atomic E-state index is -0.361. The molecule has 0 saturated carbocycles. The third-order valence-corrected chi connectivity index (χ3v) is 5.06. The molecule has 140 valence electrons. The minimum Gasteiger partial charge on any atom is -0.398 e. The molecule has 0 amide bonds. The van der Waals surface area contributed by atoms with Crippen molar-refractivity contribution in [2.24, 2.45) is 0 Å². The second-order valence-electron chi connectivity index (χ2n) is 6.96. The summed E-state index contributed by atoms with van der Waals surface area (Å²) in [6, 6.07) is 29.1. The van der Waals surface area contributed by atoms with Gasteiger partial charge in [0.1, 0.15) is 11.6 Å². The van der Waals surface area contributed by atoms with Gasteiger partial charge in [-0.25, -0.2) is 9.37 Å². The lowest BCUT2D eigenvalue weighted by Gasteiger charge is -2.10. The first kappa shape index (κ1) is 17.2. The van der Waals surface area contributed by atoms with E-state index in [2.05, 4.69) is 41.4 Å². The van der Waals surface area contributed by atoms with Crippen LogP contribution in [0.4, 0.5) is 10.1 Å². The Morgan fingerprint density at radius 1 is 0.690 bits per heavy atom. The van der Waals surface area contributed by atoms with Crippen LogP contribution in [0.3, 0.4) is 0 Å². The Bertz CT molecular complexity index is 1230. The molecule has 0 aliphatic heterocycles. The molecule has 3 nitrogen and oxygen atoms in total. The van der Waals surface area contributed by atoms with Gasteiger partial charge in [0.25, 0.3) is 0 Å². The molecule has 0 fully saturated rings. The second-order valence-corrected chi connectivity index (χ2v) is 6.96. The van der Waals surface area contributed by atoms with Gasteiger partial charge in [0.05, 0.1) is 11.0 Å². The summed E-state index contributed by atoms with van der Waals surface area (Å²) < 4.78 is 13.4. The van der Waals surface area contributed by atoms with Gasteiger partial charge in [0.15, 0.2) is 0 Å². The summed E-state index contributed by atoms with van der Waals surface area (Å²) in [5, 5.41) is 0. The smallest absolute Gasteiger partial charge is 0.140 e. The number of anilines is 1. The maximum Gasteiger partial charge on any atom is 0.140 e. The number of nitrogens with two attached hydrogens (primary N) is 1. The fourth-order valence-corrected chi connectivity index (χ4v) is 3.65. The van der Waals surface area contributed by atoms with Crippen molar-refractivity contribution in [3.8, 4) is 33.6 Å². The van der Waals surface area contributed by atoms with E-state index in [0.717, 1.165) is 33.3 Å². The maximum absolute atomic E-state index is 13.4. The Hall–Kier alpha value is -3.92. The number of hydrogen-bond acceptors (Lipinski definition) is 2. The Morgan fingerprint density at radius 2 is 1.31 bits per heavy atom. The molecule has 0 unspecified atom stereocenters. The van der Waals surface area contributed by atoms with E-state index < -0.39 is 0 Å². The van der Waals surface area contributed by atoms with Crippen LogP contribution in [-0.4, -0.2) is 9.97 Å². The first-order valence-electron chi connectivity index (χ1n) is 9.39. The normalized spacial score (nSPS) is 11.1. The summed E-state index contributed by atoms with van der Waals surface area (Å²) in [4.78, 5) is 8.08. The van der Waals surface area contributed by atoms with Crippen LogP contribution in [0.5, 0.6) is 0 Å². The topological polar surface area (TPSA) is 54.7 Å². The predicted molar refractivity (Wildman–Crippen MR) is 117 cm³/mol. The lowest BCUT2D eigenvalue weighted by atomic mass is 9.94. The highest BCUT2D eigenvalue weighted by atomic mass is 19.1. The number of benzene rings is 4. The van der Waals surface area contributed by atoms with Crippen LogP contribution in [-0.2, 0) is 0 Å². The molecule has 0 saturated heterocycles. The monoisotopic (exact) mass is 379 g/mol. The molecule has 1 aromatic heterocycles. The van der Waals surface area contributed by atoms with E-state index >= 15 is 0 Å². The number of halogens is 1. The van der Waals surface area contributed by atoms with E-state index in [9.17, 15) is 4.39 Å². The number of aromatic amines is 1. The minimum absolute atomic E-state index is 0.357. The summed E-state index contributed by atoms with van der Waals surface area (Å²) in [7, 11) is 0. The first-order valence-corrected chi connectivity index (χ1v) is 9.39. The van der Waals surface area contributed by atoms with Crippen molar-refractivity contribution >= 4 is 16.7 Å². The highest BCUT2D eigenvalue weighted by Gasteiger charge is 2.14. The average Bonchev–Trinajstić information content (AvgIpc) is 3.17. The first-order chi connectivity index (χ1) is 14.2. The zero-order chi connectivity index (χ0) is 19.8. The number of nitrogens with one attached hydrogen (secondary N) is 1. The molecular formula is C25H18FN3. The molecule has 0 aliphatic carbocycles. The van der Waals surface area contributed by atoms with Crippen LogP contribution in [0.25, 0.3) is 44.7 Å². The number of aromatic nitrogens is 2. The largest absolute Gasteiger partial charge is 0.398 e. The molecule has 5 aromatic rings. The number of nitrogen functional groups attached to an aromatic ring is 1. The quantitative estimate of drug-likeness (QED) is 0.362. The molecule has 4 heteroatoms. The summed E-state index contributed by atoms with van der Waals surface area (Å²) in [5.74, 6) is 0.266. The van der Waals surface area contributed by atoms with Gasteiger partial charge in [-0.3, -0.25) is 0 Å². The third-order valence-electron chi connectivity index (χ3n) is 5.06. The van der Waals surface area contributed by atoms with Crippen molar-refractivity contribution in [1.29, 1.82) is 0 Å². The SMILES string of the molecule is Nc1cc(F)ccc1-c1nc2cc(-c3ccccc3)c(-c3ccccc3)cc2[nH]1. The van der Waals surface area contributed by atoms with Crippen molar-refractivity contribution in [3.05, 3.63) is 96.8 Å². The Balaban J connectivity index is 1.74. The molecule has 0 radical (unpaired) electrons. The number of fused-ring (bicyclic) bond motifs is 1. The van der Waals surface area contributed by atoms with E-state index in [-0.39, 0.29) is 5.82 Å². The molecule has 3 N–H and O–H groups in total. The van der Waals surface area contributed by atoms with Gasteiger partial charge in [0, 0.05) is 11.3 Å². The van der Waals surface area contributed by atoms with Crippen molar-refractivity contribution in [3.63, 3.8) is 0 Å². The highest BCUT2D eigenvalue weighted by Crippen LogP contribution is 2.36.